The molecule has 0 amide bonds. The molecule has 0 aliphatic rings. The van der Waals surface area contributed by atoms with E-state index in [4.69, 9.17) is 14.5 Å². The normalized spacial score (nSPS) is 12.1. The highest BCUT2D eigenvalue weighted by atomic mass is 16.5. The van der Waals surface area contributed by atoms with E-state index >= 15 is 0 Å². The van der Waals surface area contributed by atoms with Crippen LogP contribution in [-0.2, 0) is 6.54 Å². The lowest BCUT2D eigenvalue weighted by Crippen LogP contribution is -2.13. The number of aromatic nitrogens is 2. The van der Waals surface area contributed by atoms with Gasteiger partial charge >= 0.3 is 0 Å². The minimum Gasteiger partial charge on any atom is -0.493 e. The summed E-state index contributed by atoms with van der Waals surface area (Å²) in [6.45, 7) is 7.71. The minimum absolute atomic E-state index is 0.153. The molecular formula is C26H28N2O2. The van der Waals surface area contributed by atoms with Gasteiger partial charge in [0.2, 0.25) is 0 Å². The molecule has 1 aromatic heterocycles. The maximum atomic E-state index is 6.16. The molecule has 3 aromatic carbocycles. The van der Waals surface area contributed by atoms with Gasteiger partial charge in [0.15, 0.2) is 11.9 Å². The average molecular weight is 401 g/mol. The van der Waals surface area contributed by atoms with Crippen molar-refractivity contribution in [3.8, 4) is 11.5 Å². The van der Waals surface area contributed by atoms with Gasteiger partial charge in [-0.1, -0.05) is 48.5 Å². The lowest BCUT2D eigenvalue weighted by Gasteiger charge is -2.17. The zero-order chi connectivity index (χ0) is 20.9. The van der Waals surface area contributed by atoms with Crippen LogP contribution in [0.3, 0.4) is 0 Å². The summed E-state index contributed by atoms with van der Waals surface area (Å²) < 4.78 is 14.5. The van der Waals surface area contributed by atoms with Gasteiger partial charge in [-0.3, -0.25) is 0 Å². The number of para-hydroxylation sites is 4. The number of hydrogen-bond donors (Lipinski definition) is 0. The van der Waals surface area contributed by atoms with E-state index in [1.165, 1.54) is 11.1 Å². The molecule has 154 valence electrons. The summed E-state index contributed by atoms with van der Waals surface area (Å²) in [6.07, 6.45) is 0.735. The third-order valence-electron chi connectivity index (χ3n) is 5.28. The highest BCUT2D eigenvalue weighted by Gasteiger charge is 2.18. The van der Waals surface area contributed by atoms with Gasteiger partial charge in [0.1, 0.15) is 11.5 Å². The molecule has 0 fully saturated rings. The van der Waals surface area contributed by atoms with Crippen LogP contribution in [0.4, 0.5) is 0 Å². The second-order valence-corrected chi connectivity index (χ2v) is 7.61. The number of imidazole rings is 1. The zero-order valence-electron chi connectivity index (χ0n) is 17.8. The van der Waals surface area contributed by atoms with Crippen LogP contribution in [0.1, 0.15) is 36.4 Å². The van der Waals surface area contributed by atoms with E-state index in [1.54, 1.807) is 0 Å². The van der Waals surface area contributed by atoms with Gasteiger partial charge in [0.25, 0.3) is 0 Å². The van der Waals surface area contributed by atoms with Gasteiger partial charge in [0.05, 0.1) is 17.6 Å². The quantitative estimate of drug-likeness (QED) is 0.327. The molecule has 0 saturated heterocycles. The summed E-state index contributed by atoms with van der Waals surface area (Å²) in [4.78, 5) is 4.87. The highest BCUT2D eigenvalue weighted by molar-refractivity contribution is 5.76. The summed E-state index contributed by atoms with van der Waals surface area (Å²) in [5, 5.41) is 0. The number of rotatable bonds is 8. The summed E-state index contributed by atoms with van der Waals surface area (Å²) in [7, 11) is 0. The first-order valence-electron chi connectivity index (χ1n) is 10.5. The Morgan fingerprint density at radius 1 is 0.867 bits per heavy atom. The Balaban J connectivity index is 1.50. The molecule has 0 spiro atoms. The molecule has 4 nitrogen and oxygen atoms in total. The maximum absolute atomic E-state index is 6.16. The van der Waals surface area contributed by atoms with Crippen molar-refractivity contribution in [3.63, 3.8) is 0 Å². The molecule has 0 aliphatic carbocycles. The number of aryl methyl sites for hydroxylation is 3. The van der Waals surface area contributed by atoms with Crippen LogP contribution >= 0.6 is 0 Å². The number of hydrogen-bond acceptors (Lipinski definition) is 3. The fourth-order valence-corrected chi connectivity index (χ4v) is 3.82. The van der Waals surface area contributed by atoms with Crippen molar-refractivity contribution in [2.45, 2.75) is 39.8 Å². The Hall–Kier alpha value is -3.27. The third kappa shape index (κ3) is 4.33. The van der Waals surface area contributed by atoms with Gasteiger partial charge in [0, 0.05) is 6.54 Å². The molecule has 1 heterocycles. The van der Waals surface area contributed by atoms with Crippen molar-refractivity contribution in [2.75, 3.05) is 6.61 Å². The first-order valence-corrected chi connectivity index (χ1v) is 10.5. The smallest absolute Gasteiger partial charge is 0.153 e. The van der Waals surface area contributed by atoms with E-state index in [0.717, 1.165) is 41.3 Å². The highest BCUT2D eigenvalue weighted by Crippen LogP contribution is 2.26. The van der Waals surface area contributed by atoms with Gasteiger partial charge in [-0.05, 0) is 62.6 Å². The monoisotopic (exact) mass is 400 g/mol. The molecule has 4 aromatic rings. The first-order chi connectivity index (χ1) is 14.6. The summed E-state index contributed by atoms with van der Waals surface area (Å²) in [5.74, 6) is 2.78. The second kappa shape index (κ2) is 9.04. The molecule has 0 radical (unpaired) electrons. The second-order valence-electron chi connectivity index (χ2n) is 7.61. The molecule has 4 rings (SSSR count). The van der Waals surface area contributed by atoms with Crippen LogP contribution in [0.5, 0.6) is 11.5 Å². The van der Waals surface area contributed by atoms with Crippen LogP contribution in [0.15, 0.2) is 72.8 Å². The molecule has 0 bridgehead atoms. The number of ether oxygens (including phenoxy) is 2. The van der Waals surface area contributed by atoms with Crippen molar-refractivity contribution in [3.05, 3.63) is 89.7 Å². The molecule has 1 unspecified atom stereocenters. The Labute approximate surface area is 178 Å². The average Bonchev–Trinajstić information content (AvgIpc) is 3.12. The lowest BCUT2D eigenvalue weighted by molar-refractivity contribution is 0.210. The van der Waals surface area contributed by atoms with Gasteiger partial charge in [-0.25, -0.2) is 4.98 Å². The fraction of sp³-hybridized carbons (Fsp3) is 0.269. The van der Waals surface area contributed by atoms with Gasteiger partial charge in [-0.2, -0.15) is 0 Å². The molecule has 0 aliphatic heterocycles. The fourth-order valence-electron chi connectivity index (χ4n) is 3.82. The van der Waals surface area contributed by atoms with Crippen LogP contribution in [0.2, 0.25) is 0 Å². The van der Waals surface area contributed by atoms with Crippen LogP contribution in [0, 0.1) is 13.8 Å². The maximum Gasteiger partial charge on any atom is 0.153 e. The van der Waals surface area contributed by atoms with Crippen molar-refractivity contribution < 1.29 is 9.47 Å². The van der Waals surface area contributed by atoms with E-state index < -0.39 is 0 Å². The van der Waals surface area contributed by atoms with Crippen molar-refractivity contribution in [1.82, 2.24) is 9.55 Å². The number of nitrogens with zero attached hydrogens (tertiary/aromatic N) is 2. The lowest BCUT2D eigenvalue weighted by atomic mass is 10.1. The molecule has 30 heavy (non-hydrogen) atoms. The first kappa shape index (κ1) is 20.0. The number of fused-ring (bicyclic) bond motifs is 1. The summed E-state index contributed by atoms with van der Waals surface area (Å²) in [6, 6.07) is 24.4. The molecule has 0 saturated carbocycles. The van der Waals surface area contributed by atoms with Crippen LogP contribution in [0.25, 0.3) is 11.0 Å². The Morgan fingerprint density at radius 3 is 2.33 bits per heavy atom. The summed E-state index contributed by atoms with van der Waals surface area (Å²) >= 11 is 0. The molecule has 4 heteroatoms. The largest absolute Gasteiger partial charge is 0.493 e. The third-order valence-corrected chi connectivity index (χ3v) is 5.28. The van der Waals surface area contributed by atoms with E-state index in [-0.39, 0.29) is 6.10 Å². The Morgan fingerprint density at radius 2 is 1.57 bits per heavy atom. The van der Waals surface area contributed by atoms with Crippen molar-refractivity contribution >= 4 is 11.0 Å². The van der Waals surface area contributed by atoms with E-state index in [9.17, 15) is 0 Å². The standard InChI is InChI=1S/C26H28N2O2/c1-19-11-9-12-20(2)25(19)29-18-10-17-28-24-16-8-7-15-23(24)27-26(28)21(3)30-22-13-5-4-6-14-22/h4-9,11-16,21H,10,17-18H2,1-3H3. The predicted molar refractivity (Wildman–Crippen MR) is 121 cm³/mol. The van der Waals surface area contributed by atoms with Crippen LogP contribution in [-0.4, -0.2) is 16.2 Å². The van der Waals surface area contributed by atoms with E-state index in [0.29, 0.717) is 6.61 Å². The van der Waals surface area contributed by atoms with E-state index in [2.05, 4.69) is 61.7 Å². The SMILES string of the molecule is Cc1cccc(C)c1OCCCn1c(C(C)Oc2ccccc2)nc2ccccc21. The van der Waals surface area contributed by atoms with Crippen LogP contribution < -0.4 is 9.47 Å². The van der Waals surface area contributed by atoms with Crippen molar-refractivity contribution in [2.24, 2.45) is 0 Å². The molecule has 1 atom stereocenters. The number of benzene rings is 3. The Bertz CT molecular complexity index is 1100. The Kier molecular flexibility index (Phi) is 6.03. The van der Waals surface area contributed by atoms with E-state index in [1.807, 2.05) is 36.4 Å². The van der Waals surface area contributed by atoms with Gasteiger partial charge < -0.3 is 14.0 Å². The molecular weight excluding hydrogens is 372 g/mol. The summed E-state index contributed by atoms with van der Waals surface area (Å²) in [5.41, 5.74) is 4.47. The molecule has 0 N–H and O–H groups in total. The predicted octanol–water partition coefficient (Wildman–Crippen LogP) is 6.26. The van der Waals surface area contributed by atoms with Gasteiger partial charge in [-0.15, -0.1) is 0 Å². The minimum atomic E-state index is -0.153. The zero-order valence-corrected chi connectivity index (χ0v) is 17.8. The van der Waals surface area contributed by atoms with Crippen molar-refractivity contribution in [1.29, 1.82) is 0 Å². The topological polar surface area (TPSA) is 36.3 Å².